The summed E-state index contributed by atoms with van der Waals surface area (Å²) >= 11 is 1.31. The Hall–Kier alpha value is -2.31. The van der Waals surface area contributed by atoms with E-state index in [0.29, 0.717) is 13.0 Å². The quantitative estimate of drug-likeness (QED) is 0.490. The average molecular weight is 413 g/mol. The van der Waals surface area contributed by atoms with Crippen molar-refractivity contribution in [3.8, 4) is 0 Å². The van der Waals surface area contributed by atoms with E-state index in [0.717, 1.165) is 35.8 Å². The van der Waals surface area contributed by atoms with Gasteiger partial charge in [-0.25, -0.2) is 4.79 Å². The van der Waals surface area contributed by atoms with Crippen molar-refractivity contribution in [2.75, 3.05) is 38.2 Å². The number of para-hydroxylation sites is 1. The molecule has 0 aromatic heterocycles. The minimum Gasteiger partial charge on any atom is -0.468 e. The fourth-order valence-corrected chi connectivity index (χ4v) is 5.10. The summed E-state index contributed by atoms with van der Waals surface area (Å²) in [4.78, 5) is 31.8. The Morgan fingerprint density at radius 3 is 2.38 bits per heavy atom. The van der Waals surface area contributed by atoms with Crippen LogP contribution >= 0.6 is 11.8 Å². The average Bonchev–Trinajstić information content (AvgIpc) is 2.76. The van der Waals surface area contributed by atoms with Gasteiger partial charge in [0.25, 0.3) is 5.91 Å². The molecule has 5 nitrogen and oxygen atoms in total. The molecule has 1 aliphatic heterocycles. The summed E-state index contributed by atoms with van der Waals surface area (Å²) in [5.41, 5.74) is 1.80. The largest absolute Gasteiger partial charge is 0.468 e. The van der Waals surface area contributed by atoms with Crippen molar-refractivity contribution in [1.82, 2.24) is 4.90 Å². The molecule has 0 bridgehead atoms. The highest BCUT2D eigenvalue weighted by Gasteiger charge is 2.54. The lowest BCUT2D eigenvalue weighted by Crippen LogP contribution is -2.57. The van der Waals surface area contributed by atoms with Gasteiger partial charge in [0.15, 0.2) is 0 Å². The van der Waals surface area contributed by atoms with Crippen molar-refractivity contribution in [3.05, 3.63) is 60.2 Å². The molecule has 0 spiro atoms. The lowest BCUT2D eigenvalue weighted by molar-refractivity contribution is -0.147. The Balaban J connectivity index is 2.02. The highest BCUT2D eigenvalue weighted by Crippen LogP contribution is 2.47. The number of rotatable bonds is 8. The third-order valence-corrected chi connectivity index (χ3v) is 6.78. The van der Waals surface area contributed by atoms with Gasteiger partial charge in [0.1, 0.15) is 0 Å². The Morgan fingerprint density at radius 1 is 1.07 bits per heavy atom. The smallest absolute Gasteiger partial charge is 0.332 e. The van der Waals surface area contributed by atoms with Gasteiger partial charge in [-0.15, -0.1) is 0 Å². The summed E-state index contributed by atoms with van der Waals surface area (Å²) in [7, 11) is 1.35. The number of fused-ring (bicyclic) bond motifs is 1. The molecule has 2 aromatic rings. The Labute approximate surface area is 177 Å². The number of nitrogens with zero attached hydrogens (tertiary/aromatic N) is 2. The SMILES string of the molecule is CCN(CC)CCN1C(=O)C(Cc2ccccc2)(C(=O)OC)Sc2ccccc21. The summed E-state index contributed by atoms with van der Waals surface area (Å²) < 4.78 is 3.82. The molecule has 3 rings (SSSR count). The highest BCUT2D eigenvalue weighted by molar-refractivity contribution is 8.02. The second kappa shape index (κ2) is 9.46. The lowest BCUT2D eigenvalue weighted by atomic mass is 9.96. The van der Waals surface area contributed by atoms with Crippen LogP contribution in [0, 0.1) is 0 Å². The Bertz CT molecular complexity index is 854. The molecule has 1 aliphatic rings. The van der Waals surface area contributed by atoms with Crippen LogP contribution in [-0.2, 0) is 20.7 Å². The summed E-state index contributed by atoms with van der Waals surface area (Å²) in [6.07, 6.45) is 0.292. The van der Waals surface area contributed by atoms with Crippen LogP contribution in [0.5, 0.6) is 0 Å². The van der Waals surface area contributed by atoms with E-state index >= 15 is 0 Å². The number of carbonyl (C=O) groups is 2. The van der Waals surface area contributed by atoms with Crippen LogP contribution in [-0.4, -0.2) is 54.8 Å². The van der Waals surface area contributed by atoms with Crippen LogP contribution in [0.1, 0.15) is 19.4 Å². The number of thioether (sulfide) groups is 1. The third kappa shape index (κ3) is 4.33. The maximum absolute atomic E-state index is 13.8. The fourth-order valence-electron chi connectivity index (χ4n) is 3.69. The van der Waals surface area contributed by atoms with E-state index in [1.165, 1.54) is 18.9 Å². The minimum atomic E-state index is -1.33. The normalized spacial score (nSPS) is 18.6. The summed E-state index contributed by atoms with van der Waals surface area (Å²) in [5.74, 6) is -0.706. The third-order valence-electron chi connectivity index (χ3n) is 5.38. The highest BCUT2D eigenvalue weighted by atomic mass is 32.2. The number of carbonyl (C=O) groups excluding carboxylic acids is 2. The van der Waals surface area contributed by atoms with Crippen LogP contribution in [0.15, 0.2) is 59.5 Å². The number of hydrogen-bond donors (Lipinski definition) is 0. The second-order valence-corrected chi connectivity index (χ2v) is 8.38. The van der Waals surface area contributed by atoms with E-state index in [2.05, 4.69) is 18.7 Å². The maximum atomic E-state index is 13.8. The number of amides is 1. The first-order valence-corrected chi connectivity index (χ1v) is 10.8. The van der Waals surface area contributed by atoms with Gasteiger partial charge in [0.2, 0.25) is 4.75 Å². The second-order valence-electron chi connectivity index (χ2n) is 7.03. The predicted octanol–water partition coefficient (Wildman–Crippen LogP) is 3.62. The van der Waals surface area contributed by atoms with E-state index in [9.17, 15) is 9.59 Å². The van der Waals surface area contributed by atoms with Crippen molar-refractivity contribution < 1.29 is 14.3 Å². The van der Waals surface area contributed by atoms with E-state index in [4.69, 9.17) is 4.74 Å². The van der Waals surface area contributed by atoms with Crippen molar-refractivity contribution in [2.24, 2.45) is 0 Å². The molecule has 1 unspecified atom stereocenters. The first-order chi connectivity index (χ1) is 14.1. The molecule has 29 heavy (non-hydrogen) atoms. The van der Waals surface area contributed by atoms with Gasteiger partial charge >= 0.3 is 5.97 Å². The Kier molecular flexibility index (Phi) is 6.98. The Morgan fingerprint density at radius 2 is 1.72 bits per heavy atom. The number of likely N-dealkylation sites (N-methyl/N-ethyl adjacent to an activating group) is 1. The van der Waals surface area contributed by atoms with E-state index < -0.39 is 10.7 Å². The van der Waals surface area contributed by atoms with Gasteiger partial charge in [0, 0.05) is 24.4 Å². The molecule has 0 N–H and O–H groups in total. The molecular weight excluding hydrogens is 384 g/mol. The first-order valence-electron chi connectivity index (χ1n) is 10.0. The fraction of sp³-hybridized carbons (Fsp3) is 0.391. The molecule has 6 heteroatoms. The first kappa shape index (κ1) is 21.4. The number of esters is 1. The molecule has 1 atom stereocenters. The topological polar surface area (TPSA) is 49.9 Å². The van der Waals surface area contributed by atoms with Crippen LogP contribution in [0.25, 0.3) is 0 Å². The van der Waals surface area contributed by atoms with E-state index in [1.54, 1.807) is 4.90 Å². The van der Waals surface area contributed by atoms with Crippen molar-refractivity contribution in [3.63, 3.8) is 0 Å². The predicted molar refractivity (Wildman–Crippen MR) is 117 cm³/mol. The van der Waals surface area contributed by atoms with Gasteiger partial charge < -0.3 is 14.5 Å². The molecule has 0 fully saturated rings. The summed E-state index contributed by atoms with van der Waals surface area (Å²) in [6.45, 7) is 7.34. The minimum absolute atomic E-state index is 0.205. The van der Waals surface area contributed by atoms with Gasteiger partial charge in [-0.2, -0.15) is 0 Å². The van der Waals surface area contributed by atoms with Crippen molar-refractivity contribution in [2.45, 2.75) is 29.9 Å². The summed E-state index contributed by atoms with van der Waals surface area (Å²) in [5, 5.41) is 0. The number of methoxy groups -OCH3 is 1. The maximum Gasteiger partial charge on any atom is 0.332 e. The molecule has 0 aliphatic carbocycles. The molecule has 154 valence electrons. The number of benzene rings is 2. The molecular formula is C23H28N2O3S. The number of ether oxygens (including phenoxy) is 1. The van der Waals surface area contributed by atoms with Gasteiger partial charge in [-0.05, 0) is 30.8 Å². The van der Waals surface area contributed by atoms with Crippen LogP contribution in [0.2, 0.25) is 0 Å². The molecule has 2 aromatic carbocycles. The van der Waals surface area contributed by atoms with Crippen LogP contribution in [0.3, 0.4) is 0 Å². The number of hydrogen-bond acceptors (Lipinski definition) is 5. The van der Waals surface area contributed by atoms with E-state index in [-0.39, 0.29) is 5.91 Å². The zero-order valence-electron chi connectivity index (χ0n) is 17.3. The molecule has 1 amide bonds. The van der Waals surface area contributed by atoms with Crippen molar-refractivity contribution in [1.29, 1.82) is 0 Å². The van der Waals surface area contributed by atoms with Crippen molar-refractivity contribution >= 4 is 29.3 Å². The van der Waals surface area contributed by atoms with Gasteiger partial charge in [-0.1, -0.05) is 68.1 Å². The molecule has 0 saturated carbocycles. The van der Waals surface area contributed by atoms with Gasteiger partial charge in [-0.3, -0.25) is 4.79 Å². The van der Waals surface area contributed by atoms with Crippen LogP contribution < -0.4 is 4.90 Å². The molecule has 1 heterocycles. The lowest BCUT2D eigenvalue weighted by Gasteiger charge is -2.40. The zero-order valence-corrected chi connectivity index (χ0v) is 18.1. The number of anilines is 1. The zero-order chi connectivity index (χ0) is 20.9. The summed E-state index contributed by atoms with van der Waals surface area (Å²) in [6, 6.07) is 17.4. The molecule has 0 saturated heterocycles. The van der Waals surface area contributed by atoms with Gasteiger partial charge in [0.05, 0.1) is 12.8 Å². The standard InChI is InChI=1S/C23H28N2O3S/c1-4-24(5-2)15-16-25-19-13-9-10-14-20(19)29-23(21(25)26,22(27)28-3)17-18-11-7-6-8-12-18/h6-14H,4-5,15-17H2,1-3H3. The molecule has 0 radical (unpaired) electrons. The van der Waals surface area contributed by atoms with E-state index in [1.807, 2.05) is 54.6 Å². The van der Waals surface area contributed by atoms with Crippen LogP contribution in [0.4, 0.5) is 5.69 Å². The monoisotopic (exact) mass is 412 g/mol.